The Bertz CT molecular complexity index is 840. The minimum atomic E-state index is -4.62. The Morgan fingerprint density at radius 1 is 1.03 bits per heavy atom. The van der Waals surface area contributed by atoms with Crippen LogP contribution >= 0.6 is 0 Å². The van der Waals surface area contributed by atoms with E-state index >= 15 is 0 Å². The maximum Gasteiger partial charge on any atom is 0.404 e. The lowest BCUT2D eigenvalue weighted by Gasteiger charge is -2.40. The molecule has 1 unspecified atom stereocenters. The molecule has 1 aromatic rings. The number of amides is 1. The second kappa shape index (κ2) is 8.84. The Morgan fingerprint density at radius 3 is 2.23 bits per heavy atom. The lowest BCUT2D eigenvalue weighted by molar-refractivity contribution is -0.224. The lowest BCUT2D eigenvalue weighted by atomic mass is 9.84. The fraction of sp³-hybridized carbons (Fsp3) is 0.650. The predicted octanol–water partition coefficient (Wildman–Crippen LogP) is 1.63. The van der Waals surface area contributed by atoms with E-state index in [0.29, 0.717) is 26.2 Å². The van der Waals surface area contributed by atoms with Gasteiger partial charge in [0.15, 0.2) is 5.41 Å². The summed E-state index contributed by atoms with van der Waals surface area (Å²) < 4.78 is 65.0. The number of halogens is 3. The molecule has 0 aliphatic carbocycles. The number of hydrogen-bond acceptors (Lipinski definition) is 5. The minimum Gasteiger partial charge on any atom is -0.339 e. The normalized spacial score (nSPS) is 24.3. The van der Waals surface area contributed by atoms with E-state index in [1.807, 2.05) is 35.2 Å². The second-order valence-electron chi connectivity index (χ2n) is 8.29. The van der Waals surface area contributed by atoms with Crippen molar-refractivity contribution in [3.05, 3.63) is 35.9 Å². The number of carbonyl (C=O) groups is 1. The van der Waals surface area contributed by atoms with Gasteiger partial charge in [0.05, 0.1) is 5.75 Å². The standard InChI is InChI=1S/C20H28F3N3O3S/c1-30(28,29)14-13-24-9-11-26(12-10-24)18(27)19(20(21,22)23)7-8-25(16-19)15-17-5-3-2-4-6-17/h2-6H,7-16H2,1H3. The molecule has 2 heterocycles. The van der Waals surface area contributed by atoms with Gasteiger partial charge in [-0.2, -0.15) is 13.2 Å². The van der Waals surface area contributed by atoms with Crippen LogP contribution in [0, 0.1) is 5.41 Å². The van der Waals surface area contributed by atoms with Crippen LogP contribution in [0.4, 0.5) is 13.2 Å². The monoisotopic (exact) mass is 447 g/mol. The number of hydrogen-bond donors (Lipinski definition) is 0. The quantitative estimate of drug-likeness (QED) is 0.664. The van der Waals surface area contributed by atoms with E-state index < -0.39 is 27.3 Å². The molecule has 1 amide bonds. The Hall–Kier alpha value is -1.65. The third-order valence-corrected chi connectivity index (χ3v) is 6.91. The molecule has 168 valence electrons. The highest BCUT2D eigenvalue weighted by atomic mass is 32.2. The first-order valence-corrected chi connectivity index (χ1v) is 12.1. The summed E-state index contributed by atoms with van der Waals surface area (Å²) in [6.07, 6.45) is -3.71. The van der Waals surface area contributed by atoms with Gasteiger partial charge in [0.25, 0.3) is 0 Å². The van der Waals surface area contributed by atoms with Gasteiger partial charge in [0, 0.05) is 52.1 Å². The number of piperazine rings is 1. The van der Waals surface area contributed by atoms with Gasteiger partial charge in [0.2, 0.25) is 5.91 Å². The number of sulfone groups is 1. The molecule has 3 rings (SSSR count). The van der Waals surface area contributed by atoms with Gasteiger partial charge in [-0.15, -0.1) is 0 Å². The van der Waals surface area contributed by atoms with E-state index in [2.05, 4.69) is 0 Å². The molecule has 2 saturated heterocycles. The molecule has 0 aromatic heterocycles. The average Bonchev–Trinajstić information content (AvgIpc) is 3.11. The van der Waals surface area contributed by atoms with Crippen LogP contribution in [0.3, 0.4) is 0 Å². The molecular weight excluding hydrogens is 419 g/mol. The first kappa shape index (κ1) is 23.0. The van der Waals surface area contributed by atoms with Crippen LogP contribution in [-0.4, -0.2) is 93.0 Å². The van der Waals surface area contributed by atoms with Crippen LogP contribution in [0.15, 0.2) is 30.3 Å². The van der Waals surface area contributed by atoms with Gasteiger partial charge >= 0.3 is 6.18 Å². The third kappa shape index (κ3) is 5.33. The van der Waals surface area contributed by atoms with Crippen LogP contribution in [0.1, 0.15) is 12.0 Å². The van der Waals surface area contributed by atoms with Crippen LogP contribution < -0.4 is 0 Å². The van der Waals surface area contributed by atoms with E-state index in [4.69, 9.17) is 0 Å². The summed E-state index contributed by atoms with van der Waals surface area (Å²) in [5.74, 6) is -0.852. The summed E-state index contributed by atoms with van der Waals surface area (Å²) in [5, 5.41) is 0. The zero-order valence-electron chi connectivity index (χ0n) is 17.1. The SMILES string of the molecule is CS(=O)(=O)CCN1CCN(C(=O)C2(C(F)(F)F)CCN(Cc3ccccc3)C2)CC1. The van der Waals surface area contributed by atoms with Crippen LogP contribution in [0.2, 0.25) is 0 Å². The Morgan fingerprint density at radius 2 is 1.67 bits per heavy atom. The average molecular weight is 448 g/mol. The third-order valence-electron chi connectivity index (χ3n) is 5.99. The summed E-state index contributed by atoms with van der Waals surface area (Å²) in [6, 6.07) is 9.27. The van der Waals surface area contributed by atoms with E-state index in [1.54, 1.807) is 4.90 Å². The number of rotatable bonds is 6. The molecule has 6 nitrogen and oxygen atoms in total. The van der Waals surface area contributed by atoms with Crippen molar-refractivity contribution in [2.75, 3.05) is 57.8 Å². The molecule has 30 heavy (non-hydrogen) atoms. The fourth-order valence-electron chi connectivity index (χ4n) is 4.16. The second-order valence-corrected chi connectivity index (χ2v) is 10.5. The number of benzene rings is 1. The smallest absolute Gasteiger partial charge is 0.339 e. The maximum atomic E-state index is 14.1. The van der Waals surface area contributed by atoms with Crippen LogP contribution in [0.25, 0.3) is 0 Å². The Balaban J connectivity index is 1.64. The van der Waals surface area contributed by atoms with Gasteiger partial charge in [-0.05, 0) is 18.5 Å². The molecule has 1 atom stereocenters. The van der Waals surface area contributed by atoms with Gasteiger partial charge in [-0.25, -0.2) is 8.42 Å². The summed E-state index contributed by atoms with van der Waals surface area (Å²) >= 11 is 0. The molecule has 1 aromatic carbocycles. The number of nitrogens with zero attached hydrogens (tertiary/aromatic N) is 3. The molecule has 0 radical (unpaired) electrons. The molecule has 0 spiro atoms. The number of likely N-dealkylation sites (tertiary alicyclic amines) is 1. The highest BCUT2D eigenvalue weighted by Crippen LogP contribution is 2.47. The molecule has 2 aliphatic heterocycles. The van der Waals surface area contributed by atoms with Crippen molar-refractivity contribution in [2.24, 2.45) is 5.41 Å². The zero-order chi connectivity index (χ0) is 22.0. The van der Waals surface area contributed by atoms with Gasteiger partial charge in [-0.3, -0.25) is 14.6 Å². The number of carbonyl (C=O) groups excluding carboxylic acids is 1. The van der Waals surface area contributed by atoms with E-state index in [1.165, 1.54) is 4.90 Å². The molecule has 2 aliphatic rings. The van der Waals surface area contributed by atoms with Crippen molar-refractivity contribution < 1.29 is 26.4 Å². The first-order valence-electron chi connectivity index (χ1n) is 10.0. The molecule has 0 N–H and O–H groups in total. The van der Waals surface area contributed by atoms with Crippen LogP contribution in [-0.2, 0) is 21.2 Å². The van der Waals surface area contributed by atoms with Crippen molar-refractivity contribution >= 4 is 15.7 Å². The van der Waals surface area contributed by atoms with Crippen molar-refractivity contribution in [1.29, 1.82) is 0 Å². The zero-order valence-corrected chi connectivity index (χ0v) is 17.9. The largest absolute Gasteiger partial charge is 0.404 e. The highest BCUT2D eigenvalue weighted by molar-refractivity contribution is 7.90. The molecule has 10 heteroatoms. The fourth-order valence-corrected chi connectivity index (χ4v) is 4.75. The molecule has 0 saturated carbocycles. The van der Waals surface area contributed by atoms with E-state index in [9.17, 15) is 26.4 Å². The summed E-state index contributed by atoms with van der Waals surface area (Å²) in [7, 11) is -3.10. The summed E-state index contributed by atoms with van der Waals surface area (Å²) in [5.41, 5.74) is -1.46. The Kier molecular flexibility index (Phi) is 6.78. The molecule has 2 fully saturated rings. The van der Waals surface area contributed by atoms with Crippen molar-refractivity contribution in [1.82, 2.24) is 14.7 Å². The highest BCUT2D eigenvalue weighted by Gasteiger charge is 2.64. The topological polar surface area (TPSA) is 60.9 Å². The molecular formula is C20H28F3N3O3S. The first-order chi connectivity index (χ1) is 14.0. The summed E-state index contributed by atoms with van der Waals surface area (Å²) in [4.78, 5) is 17.9. The van der Waals surface area contributed by atoms with Gasteiger partial charge in [0.1, 0.15) is 9.84 Å². The Labute approximate surface area is 175 Å². The molecule has 0 bridgehead atoms. The van der Waals surface area contributed by atoms with Crippen molar-refractivity contribution in [3.8, 4) is 0 Å². The van der Waals surface area contributed by atoms with E-state index in [-0.39, 0.29) is 38.4 Å². The van der Waals surface area contributed by atoms with Crippen LogP contribution in [0.5, 0.6) is 0 Å². The van der Waals surface area contributed by atoms with Crippen molar-refractivity contribution in [3.63, 3.8) is 0 Å². The van der Waals surface area contributed by atoms with Crippen molar-refractivity contribution in [2.45, 2.75) is 19.1 Å². The van der Waals surface area contributed by atoms with Gasteiger partial charge < -0.3 is 4.90 Å². The summed E-state index contributed by atoms with van der Waals surface area (Å²) in [6.45, 7) is 1.71. The number of alkyl halides is 3. The minimum absolute atomic E-state index is 0.00187. The van der Waals surface area contributed by atoms with Gasteiger partial charge in [-0.1, -0.05) is 30.3 Å². The predicted molar refractivity (Wildman–Crippen MR) is 108 cm³/mol. The van der Waals surface area contributed by atoms with E-state index in [0.717, 1.165) is 11.8 Å². The maximum absolute atomic E-state index is 14.1. The lowest BCUT2D eigenvalue weighted by Crippen LogP contribution is -2.58.